The summed E-state index contributed by atoms with van der Waals surface area (Å²) >= 11 is 0. The Morgan fingerprint density at radius 2 is 1.31 bits per heavy atom. The van der Waals surface area contributed by atoms with Crippen LogP contribution < -0.4 is 10.2 Å². The van der Waals surface area contributed by atoms with E-state index >= 15 is 0 Å². The number of ether oxygens (including phenoxy) is 6. The average Bonchev–Trinajstić information content (AvgIpc) is 3.13. The van der Waals surface area contributed by atoms with E-state index in [1.54, 1.807) is 0 Å². The maximum Gasteiger partial charge on any atom is 0.239 e. The van der Waals surface area contributed by atoms with Crippen molar-refractivity contribution in [2.75, 3.05) is 13.2 Å². The zero-order valence-corrected chi connectivity index (χ0v) is 28.0. The first-order chi connectivity index (χ1) is 25.5. The first kappa shape index (κ1) is 39.8. The molecule has 54 heavy (non-hydrogen) atoms. The standard InChI is InChI=1S/C33H40O21/c1-9-19(39)23(43)27(47)32(49-9)54-30-25(45)21(41)17(8-48-31-26(46)24(44)20(40)16(7-34)51-31)52-33(30)53-29-22(42)18-14(38)5-11(35)6-15(18)50-28(29)10-2-3-12(36)13(37)4-10/h2-6,9,16-17,19-21,23-27,30-41,43-47H,7-8H2,1H3/t9-,16+,17+,19+,20-,21+,23+,24+,25+,26-,27+,30+,31-,32+,33+/m1/s1. The van der Waals surface area contributed by atoms with Crippen LogP contribution in [0.2, 0.25) is 0 Å². The van der Waals surface area contributed by atoms with Gasteiger partial charge < -0.3 is 99.2 Å². The van der Waals surface area contributed by atoms with Crippen molar-refractivity contribution < 1.29 is 99.2 Å². The highest BCUT2D eigenvalue weighted by Crippen LogP contribution is 2.40. The SMILES string of the molecule is C[C@H]1O[C@@H](O[C@@H]2[C@H](Oc3c(-c4ccc(O)c(O)c4)oc4cc(O)cc(O)c4c3=O)O[C@@H](CO[C@@H]3O[C@@H](CO)[C@@H](O)[C@H](O)[C@H]3O)[C@H](O)[C@@H]2O)[C@@H](O)[C@@H](O)[C@H]1O. The second-order valence-corrected chi connectivity index (χ2v) is 13.1. The predicted octanol–water partition coefficient (Wildman–Crippen LogP) is -3.86. The van der Waals surface area contributed by atoms with Gasteiger partial charge >= 0.3 is 0 Å². The molecule has 2 aromatic carbocycles. The van der Waals surface area contributed by atoms with E-state index in [1.807, 2.05) is 0 Å². The summed E-state index contributed by atoms with van der Waals surface area (Å²) < 4.78 is 39.8. The lowest BCUT2D eigenvalue weighted by atomic mass is 9.97. The molecule has 3 aliphatic rings. The maximum absolute atomic E-state index is 14.1. The van der Waals surface area contributed by atoms with E-state index < -0.39 is 151 Å². The second kappa shape index (κ2) is 15.7. The molecule has 13 N–H and O–H groups in total. The molecule has 21 heteroatoms. The Bertz CT molecular complexity index is 1850. The summed E-state index contributed by atoms with van der Waals surface area (Å²) in [4.78, 5) is 14.1. The van der Waals surface area contributed by atoms with Crippen LogP contribution in [0.1, 0.15) is 6.92 Å². The minimum atomic E-state index is -2.08. The molecule has 3 aliphatic heterocycles. The van der Waals surface area contributed by atoms with E-state index in [0.29, 0.717) is 0 Å². The zero-order valence-electron chi connectivity index (χ0n) is 28.0. The molecule has 3 saturated heterocycles. The van der Waals surface area contributed by atoms with Gasteiger partial charge in [-0.2, -0.15) is 0 Å². The molecule has 1 aromatic heterocycles. The minimum absolute atomic E-state index is 0.115. The Morgan fingerprint density at radius 3 is 2.00 bits per heavy atom. The summed E-state index contributed by atoms with van der Waals surface area (Å²) in [6, 6.07) is 5.02. The van der Waals surface area contributed by atoms with E-state index in [2.05, 4.69) is 0 Å². The number of aliphatic hydroxyl groups excluding tert-OH is 9. The highest BCUT2D eigenvalue weighted by molar-refractivity contribution is 5.88. The van der Waals surface area contributed by atoms with Crippen molar-refractivity contribution >= 4 is 11.0 Å². The summed E-state index contributed by atoms with van der Waals surface area (Å²) in [5.74, 6) is -3.79. The van der Waals surface area contributed by atoms with Crippen molar-refractivity contribution in [1.29, 1.82) is 0 Å². The first-order valence-electron chi connectivity index (χ1n) is 16.5. The van der Waals surface area contributed by atoms with Gasteiger partial charge in [0.15, 0.2) is 35.9 Å². The van der Waals surface area contributed by atoms with Gasteiger partial charge in [0.1, 0.15) is 83.5 Å². The van der Waals surface area contributed by atoms with Gasteiger partial charge in [0.25, 0.3) is 0 Å². The molecule has 3 aromatic rings. The van der Waals surface area contributed by atoms with Crippen molar-refractivity contribution in [3.8, 4) is 40.1 Å². The van der Waals surface area contributed by atoms with Gasteiger partial charge in [-0.05, 0) is 25.1 Å². The third-order valence-electron chi connectivity index (χ3n) is 9.41. The molecular weight excluding hydrogens is 732 g/mol. The van der Waals surface area contributed by atoms with E-state index in [1.165, 1.54) is 13.0 Å². The lowest BCUT2D eigenvalue weighted by molar-refractivity contribution is -0.360. The molecule has 0 bridgehead atoms. The lowest BCUT2D eigenvalue weighted by Crippen LogP contribution is -2.65. The highest BCUT2D eigenvalue weighted by atomic mass is 16.8. The Kier molecular flexibility index (Phi) is 11.5. The number of aromatic hydroxyl groups is 4. The van der Waals surface area contributed by atoms with Crippen molar-refractivity contribution in [1.82, 2.24) is 0 Å². The van der Waals surface area contributed by atoms with Crippen LogP contribution in [-0.4, -0.2) is 172 Å². The van der Waals surface area contributed by atoms with Gasteiger partial charge in [0, 0.05) is 17.7 Å². The normalized spacial score (nSPS) is 37.3. The molecule has 3 fully saturated rings. The summed E-state index contributed by atoms with van der Waals surface area (Å²) in [5, 5.41) is 134. The number of hydrogen-bond donors (Lipinski definition) is 13. The van der Waals surface area contributed by atoms with Crippen LogP contribution in [0, 0.1) is 0 Å². The van der Waals surface area contributed by atoms with E-state index in [0.717, 1.165) is 24.3 Å². The third-order valence-corrected chi connectivity index (χ3v) is 9.41. The number of phenols is 4. The average molecular weight is 773 g/mol. The summed E-state index contributed by atoms with van der Waals surface area (Å²) in [6.07, 6.45) is -26.5. The number of hydrogen-bond acceptors (Lipinski definition) is 21. The summed E-state index contributed by atoms with van der Waals surface area (Å²) in [6.45, 7) is -0.225. The quantitative estimate of drug-likeness (QED) is 0.0925. The molecule has 0 amide bonds. The van der Waals surface area contributed by atoms with Crippen LogP contribution in [0.25, 0.3) is 22.3 Å². The molecule has 0 unspecified atom stereocenters. The molecule has 6 rings (SSSR count). The minimum Gasteiger partial charge on any atom is -0.508 e. The molecule has 21 nitrogen and oxygen atoms in total. The smallest absolute Gasteiger partial charge is 0.239 e. The van der Waals surface area contributed by atoms with Gasteiger partial charge in [-0.3, -0.25) is 4.79 Å². The van der Waals surface area contributed by atoms with Crippen molar-refractivity contribution in [3.63, 3.8) is 0 Å². The largest absolute Gasteiger partial charge is 0.508 e. The van der Waals surface area contributed by atoms with E-state index in [4.69, 9.17) is 32.8 Å². The van der Waals surface area contributed by atoms with Crippen LogP contribution in [0.4, 0.5) is 0 Å². The number of rotatable bonds is 9. The molecule has 0 spiro atoms. The molecule has 0 radical (unpaired) electrons. The van der Waals surface area contributed by atoms with Crippen LogP contribution in [0.3, 0.4) is 0 Å². The van der Waals surface area contributed by atoms with Crippen LogP contribution in [0.15, 0.2) is 39.5 Å². The number of benzene rings is 2. The Labute approximate surface area is 303 Å². The fourth-order valence-corrected chi connectivity index (χ4v) is 6.30. The third kappa shape index (κ3) is 7.39. The maximum atomic E-state index is 14.1. The molecule has 4 heterocycles. The monoisotopic (exact) mass is 772 g/mol. The molecule has 0 saturated carbocycles. The van der Waals surface area contributed by atoms with Gasteiger partial charge in [-0.25, -0.2) is 0 Å². The van der Waals surface area contributed by atoms with Gasteiger partial charge in [0.05, 0.1) is 19.3 Å². The van der Waals surface area contributed by atoms with Crippen molar-refractivity contribution in [2.24, 2.45) is 0 Å². The van der Waals surface area contributed by atoms with Crippen LogP contribution >= 0.6 is 0 Å². The lowest BCUT2D eigenvalue weighted by Gasteiger charge is -2.46. The molecular formula is C33H40O21. The molecule has 298 valence electrons. The summed E-state index contributed by atoms with van der Waals surface area (Å²) in [7, 11) is 0. The Balaban J connectivity index is 1.40. The topological polar surface area (TPSA) is 349 Å². The fourth-order valence-electron chi connectivity index (χ4n) is 6.30. The first-order valence-corrected chi connectivity index (χ1v) is 16.5. The summed E-state index contributed by atoms with van der Waals surface area (Å²) in [5.41, 5.74) is -1.60. The van der Waals surface area contributed by atoms with Crippen molar-refractivity contribution in [2.45, 2.75) is 99.0 Å². The van der Waals surface area contributed by atoms with Crippen LogP contribution in [-0.2, 0) is 23.7 Å². The van der Waals surface area contributed by atoms with E-state index in [-0.39, 0.29) is 11.1 Å². The number of phenolic OH excluding ortho intramolecular Hbond substituents is 4. The fraction of sp³-hybridized carbons (Fsp3) is 0.545. The highest BCUT2D eigenvalue weighted by Gasteiger charge is 2.52. The van der Waals surface area contributed by atoms with Gasteiger partial charge in [-0.1, -0.05) is 0 Å². The zero-order chi connectivity index (χ0) is 39.3. The van der Waals surface area contributed by atoms with Gasteiger partial charge in [-0.15, -0.1) is 0 Å². The number of fused-ring (bicyclic) bond motifs is 1. The number of aliphatic hydroxyl groups is 9. The molecule has 15 atom stereocenters. The Morgan fingerprint density at radius 1 is 0.667 bits per heavy atom. The predicted molar refractivity (Wildman–Crippen MR) is 173 cm³/mol. The Hall–Kier alpha value is -3.91. The molecule has 0 aliphatic carbocycles. The van der Waals surface area contributed by atoms with Crippen molar-refractivity contribution in [3.05, 3.63) is 40.6 Å². The van der Waals surface area contributed by atoms with Crippen LogP contribution in [0.5, 0.6) is 28.7 Å². The van der Waals surface area contributed by atoms with E-state index in [9.17, 15) is 71.2 Å². The van der Waals surface area contributed by atoms with Gasteiger partial charge in [0.2, 0.25) is 17.5 Å². The second-order valence-electron chi connectivity index (χ2n) is 13.1.